The molecule has 2 aromatic heterocycles. The van der Waals surface area contributed by atoms with Gasteiger partial charge in [-0.1, -0.05) is 6.07 Å². The Morgan fingerprint density at radius 1 is 1.10 bits per heavy atom. The van der Waals surface area contributed by atoms with E-state index in [1.807, 2.05) is 25.1 Å². The molecule has 1 aromatic carbocycles. The molecule has 5 rings (SSSR count). The number of carbonyl (C=O) groups is 1. The third-order valence-corrected chi connectivity index (χ3v) is 7.47. The summed E-state index contributed by atoms with van der Waals surface area (Å²) in [6.07, 6.45) is -2.73. The van der Waals surface area contributed by atoms with Crippen LogP contribution in [-0.4, -0.2) is 87.7 Å². The highest BCUT2D eigenvalue weighted by Gasteiger charge is 2.38. The maximum atomic E-state index is 13.7. The SMILES string of the molecule is CN(C)c1nnccc1N1CCN(c2nc3c(c(Nc4cccc(F)c4)n2)S(=O)CC3)CC1.O=C(O)C(F)(F)F. The third kappa shape index (κ3) is 6.73. The first kappa shape index (κ1) is 28.9. The minimum atomic E-state index is -5.08. The molecule has 3 aromatic rings. The summed E-state index contributed by atoms with van der Waals surface area (Å²) in [5.74, 6) is -0.636. The maximum absolute atomic E-state index is 13.7. The largest absolute Gasteiger partial charge is 0.490 e. The molecule has 16 heteroatoms. The van der Waals surface area contributed by atoms with Crippen molar-refractivity contribution < 1.29 is 31.7 Å². The van der Waals surface area contributed by atoms with Crippen molar-refractivity contribution in [3.63, 3.8) is 0 Å². The smallest absolute Gasteiger partial charge is 0.475 e. The lowest BCUT2D eigenvalue weighted by molar-refractivity contribution is -0.192. The van der Waals surface area contributed by atoms with Crippen LogP contribution in [0, 0.1) is 5.82 Å². The van der Waals surface area contributed by atoms with Gasteiger partial charge in [-0.25, -0.2) is 14.2 Å². The monoisotopic (exact) mass is 582 g/mol. The Balaban J connectivity index is 0.000000470. The number of nitrogens with one attached hydrogen (secondary N) is 1. The lowest BCUT2D eigenvalue weighted by Crippen LogP contribution is -2.47. The average Bonchev–Trinajstić information content (AvgIpc) is 3.29. The van der Waals surface area contributed by atoms with Crippen LogP contribution in [0.25, 0.3) is 0 Å². The molecule has 0 saturated carbocycles. The Hall–Kier alpha value is -4.08. The van der Waals surface area contributed by atoms with Gasteiger partial charge in [-0.2, -0.15) is 23.3 Å². The van der Waals surface area contributed by atoms with Crippen LogP contribution in [0.15, 0.2) is 41.4 Å². The number of halogens is 4. The molecule has 0 aliphatic carbocycles. The van der Waals surface area contributed by atoms with Crippen molar-refractivity contribution in [3.8, 4) is 0 Å². The molecule has 1 fully saturated rings. The lowest BCUT2D eigenvalue weighted by Gasteiger charge is -2.37. The van der Waals surface area contributed by atoms with Crippen LogP contribution >= 0.6 is 0 Å². The van der Waals surface area contributed by atoms with Crippen LogP contribution < -0.4 is 20.0 Å². The molecule has 40 heavy (non-hydrogen) atoms. The van der Waals surface area contributed by atoms with Crippen molar-refractivity contribution in [2.24, 2.45) is 0 Å². The number of aliphatic carboxylic acids is 1. The number of nitrogens with zero attached hydrogens (tertiary/aromatic N) is 7. The first-order valence-corrected chi connectivity index (χ1v) is 13.4. The predicted octanol–water partition coefficient (Wildman–Crippen LogP) is 2.84. The van der Waals surface area contributed by atoms with Gasteiger partial charge in [0.1, 0.15) is 10.7 Å². The Morgan fingerprint density at radius 2 is 1.77 bits per heavy atom. The number of fused-ring (bicyclic) bond motifs is 1. The molecule has 4 heterocycles. The lowest BCUT2D eigenvalue weighted by atomic mass is 10.2. The molecule has 2 aliphatic heterocycles. The van der Waals surface area contributed by atoms with Gasteiger partial charge in [-0.3, -0.25) is 4.21 Å². The number of carboxylic acids is 1. The summed E-state index contributed by atoms with van der Waals surface area (Å²) < 4.78 is 58.0. The predicted molar refractivity (Wildman–Crippen MR) is 141 cm³/mol. The molecule has 2 N–H and O–H groups in total. The average molecular weight is 583 g/mol. The van der Waals surface area contributed by atoms with E-state index in [1.54, 1.807) is 18.3 Å². The van der Waals surface area contributed by atoms with Crippen molar-refractivity contribution in [1.82, 2.24) is 20.2 Å². The molecule has 0 spiro atoms. The molecular formula is C24H26F4N8O3S. The fourth-order valence-corrected chi connectivity index (χ4v) is 5.45. The van der Waals surface area contributed by atoms with Gasteiger partial charge in [0.25, 0.3) is 0 Å². The van der Waals surface area contributed by atoms with Crippen molar-refractivity contribution in [3.05, 3.63) is 48.0 Å². The number of hydrogen-bond donors (Lipinski definition) is 2. The van der Waals surface area contributed by atoms with Gasteiger partial charge in [-0.05, 0) is 24.3 Å². The van der Waals surface area contributed by atoms with Crippen LogP contribution in [-0.2, 0) is 22.0 Å². The number of aromatic nitrogens is 4. The number of benzene rings is 1. The molecule has 0 radical (unpaired) electrons. The number of rotatable bonds is 5. The van der Waals surface area contributed by atoms with Crippen molar-refractivity contribution >= 4 is 45.7 Å². The van der Waals surface area contributed by atoms with Gasteiger partial charge in [0.05, 0.1) is 28.4 Å². The van der Waals surface area contributed by atoms with E-state index in [4.69, 9.17) is 19.9 Å². The summed E-state index contributed by atoms with van der Waals surface area (Å²) in [4.78, 5) is 25.4. The molecule has 214 valence electrons. The van der Waals surface area contributed by atoms with E-state index in [0.29, 0.717) is 34.5 Å². The molecule has 1 unspecified atom stereocenters. The van der Waals surface area contributed by atoms with Crippen molar-refractivity contribution in [1.29, 1.82) is 0 Å². The van der Waals surface area contributed by atoms with Crippen molar-refractivity contribution in [2.75, 3.05) is 66.0 Å². The van der Waals surface area contributed by atoms with E-state index >= 15 is 0 Å². The number of alkyl halides is 3. The summed E-state index contributed by atoms with van der Waals surface area (Å²) in [6.45, 7) is 3.03. The summed E-state index contributed by atoms with van der Waals surface area (Å²) >= 11 is 0. The van der Waals surface area contributed by atoms with E-state index in [9.17, 15) is 21.8 Å². The Bertz CT molecular complexity index is 1400. The van der Waals surface area contributed by atoms with E-state index in [2.05, 4.69) is 25.3 Å². The second-order valence-corrected chi connectivity index (χ2v) is 10.5. The topological polar surface area (TPSA) is 128 Å². The first-order chi connectivity index (χ1) is 18.9. The molecule has 11 nitrogen and oxygen atoms in total. The number of piperazine rings is 1. The van der Waals surface area contributed by atoms with Crippen LogP contribution in [0.5, 0.6) is 0 Å². The number of hydrogen-bond acceptors (Lipinski definition) is 10. The van der Waals surface area contributed by atoms with Gasteiger partial charge >= 0.3 is 12.1 Å². The van der Waals surface area contributed by atoms with Gasteiger partial charge in [0.2, 0.25) is 5.95 Å². The van der Waals surface area contributed by atoms with Crippen LogP contribution in [0.2, 0.25) is 0 Å². The molecule has 1 atom stereocenters. The Labute approximate surface area is 229 Å². The van der Waals surface area contributed by atoms with E-state index < -0.39 is 22.9 Å². The number of carboxylic acid groups (broad SMARTS) is 1. The summed E-state index contributed by atoms with van der Waals surface area (Å²) in [5, 5.41) is 18.6. The van der Waals surface area contributed by atoms with E-state index in [1.165, 1.54) is 12.1 Å². The highest BCUT2D eigenvalue weighted by molar-refractivity contribution is 7.85. The van der Waals surface area contributed by atoms with Crippen LogP contribution in [0.4, 0.5) is 46.5 Å². The Kier molecular flexibility index (Phi) is 8.66. The van der Waals surface area contributed by atoms with Gasteiger partial charge in [-0.15, -0.1) is 5.10 Å². The second-order valence-electron chi connectivity index (χ2n) is 8.99. The molecular weight excluding hydrogens is 556 g/mol. The summed E-state index contributed by atoms with van der Waals surface area (Å²) in [7, 11) is 2.75. The molecule has 1 saturated heterocycles. The minimum Gasteiger partial charge on any atom is -0.475 e. The third-order valence-electron chi connectivity index (χ3n) is 6.01. The standard InChI is InChI=1S/C22H25FN8OS.C2HF3O2/c1-29(2)21-18(6-8-24-28-21)30-9-11-31(12-10-30)22-26-17-7-13-33(32)19(17)20(27-22)25-16-5-3-4-15(23)14-16;3-2(4,5)1(6)7/h3-6,8,14H,7,9-13H2,1-2H3,(H,25,26,27);(H,6,7). The first-order valence-electron chi connectivity index (χ1n) is 12.0. The molecule has 2 aliphatic rings. The summed E-state index contributed by atoms with van der Waals surface area (Å²) in [5.41, 5.74) is 2.42. The van der Waals surface area contributed by atoms with Crippen LogP contribution in [0.3, 0.4) is 0 Å². The van der Waals surface area contributed by atoms with Gasteiger partial charge in [0.15, 0.2) is 11.6 Å². The zero-order chi connectivity index (χ0) is 29.0. The number of anilines is 5. The zero-order valence-corrected chi connectivity index (χ0v) is 22.3. The number of aryl methyl sites for hydroxylation is 1. The van der Waals surface area contributed by atoms with E-state index in [-0.39, 0.29) is 5.82 Å². The van der Waals surface area contributed by atoms with Gasteiger partial charge < -0.3 is 25.1 Å². The zero-order valence-electron chi connectivity index (χ0n) is 21.5. The second kappa shape index (κ2) is 12.0. The maximum Gasteiger partial charge on any atom is 0.490 e. The van der Waals surface area contributed by atoms with Crippen LogP contribution in [0.1, 0.15) is 5.69 Å². The quantitative estimate of drug-likeness (QED) is 0.431. The van der Waals surface area contributed by atoms with Crippen molar-refractivity contribution in [2.45, 2.75) is 17.5 Å². The molecule has 0 amide bonds. The highest BCUT2D eigenvalue weighted by Crippen LogP contribution is 2.33. The normalized spacial score (nSPS) is 16.6. The molecule has 0 bridgehead atoms. The van der Waals surface area contributed by atoms with E-state index in [0.717, 1.165) is 43.4 Å². The van der Waals surface area contributed by atoms with Gasteiger partial charge in [0, 0.05) is 58.1 Å². The fourth-order valence-electron chi connectivity index (χ4n) is 4.14. The fraction of sp³-hybridized carbons (Fsp3) is 0.375. The minimum absolute atomic E-state index is 0.342. The Morgan fingerprint density at radius 3 is 2.40 bits per heavy atom. The highest BCUT2D eigenvalue weighted by atomic mass is 32.2. The summed E-state index contributed by atoms with van der Waals surface area (Å²) in [6, 6.07) is 8.17.